The number of aliphatic imine (C=N–C) groups is 1. The number of aromatic amines is 1. The Morgan fingerprint density at radius 2 is 1.70 bits per heavy atom. The van der Waals surface area contributed by atoms with Crippen molar-refractivity contribution in [3.8, 4) is 11.4 Å². The number of carbonyl (C=O) groups is 1. The summed E-state index contributed by atoms with van der Waals surface area (Å²) in [5, 5.41) is 2.96. The van der Waals surface area contributed by atoms with E-state index in [9.17, 15) is 18.0 Å². The van der Waals surface area contributed by atoms with E-state index >= 15 is 0 Å². The van der Waals surface area contributed by atoms with Crippen LogP contribution in [0.5, 0.6) is 5.75 Å². The van der Waals surface area contributed by atoms with Gasteiger partial charge in [-0.05, 0) is 50.2 Å². The van der Waals surface area contributed by atoms with Crippen molar-refractivity contribution in [1.29, 1.82) is 0 Å². The molecular formula is C26H32N4O6S. The van der Waals surface area contributed by atoms with Gasteiger partial charge in [0.05, 0.1) is 41.5 Å². The maximum absolute atomic E-state index is 13.4. The SMILES string of the molecule is CCOC(=O)Cc1[nH]n(-c2ccc(S(=O)(=O)N(CC)CC)cc2)c(=O)c1C=Nc1ccccc1OCC. The molecule has 0 atom stereocenters. The fourth-order valence-corrected chi connectivity index (χ4v) is 5.21. The quantitative estimate of drug-likeness (QED) is 0.284. The fourth-order valence-electron chi connectivity index (χ4n) is 3.76. The molecule has 0 spiro atoms. The van der Waals surface area contributed by atoms with E-state index in [4.69, 9.17) is 9.47 Å². The molecule has 1 heterocycles. The molecule has 0 aliphatic heterocycles. The van der Waals surface area contributed by atoms with Gasteiger partial charge in [-0.3, -0.25) is 19.7 Å². The number of rotatable bonds is 12. The summed E-state index contributed by atoms with van der Waals surface area (Å²) in [6.07, 6.45) is 1.22. The van der Waals surface area contributed by atoms with Crippen molar-refractivity contribution in [3.05, 3.63) is 70.1 Å². The van der Waals surface area contributed by atoms with E-state index in [1.165, 1.54) is 39.5 Å². The Hall–Kier alpha value is -3.70. The topological polar surface area (TPSA) is 123 Å². The van der Waals surface area contributed by atoms with Gasteiger partial charge in [0.1, 0.15) is 11.4 Å². The lowest BCUT2D eigenvalue weighted by Gasteiger charge is -2.18. The molecule has 1 N–H and O–H groups in total. The normalized spacial score (nSPS) is 11.8. The van der Waals surface area contributed by atoms with Crippen molar-refractivity contribution in [3.63, 3.8) is 0 Å². The molecule has 0 fully saturated rings. The summed E-state index contributed by atoms with van der Waals surface area (Å²) < 4.78 is 38.9. The molecule has 3 rings (SSSR count). The number of hydrogen-bond acceptors (Lipinski definition) is 7. The lowest BCUT2D eigenvalue weighted by atomic mass is 10.2. The number of hydrogen-bond donors (Lipinski definition) is 1. The summed E-state index contributed by atoms with van der Waals surface area (Å²) in [6, 6.07) is 13.1. The molecule has 0 saturated heterocycles. The Morgan fingerprint density at radius 3 is 2.32 bits per heavy atom. The Balaban J connectivity index is 2.04. The van der Waals surface area contributed by atoms with Gasteiger partial charge in [-0.1, -0.05) is 26.0 Å². The first-order valence-electron chi connectivity index (χ1n) is 12.1. The Morgan fingerprint density at radius 1 is 1.03 bits per heavy atom. The van der Waals surface area contributed by atoms with Crippen molar-refractivity contribution in [2.75, 3.05) is 26.3 Å². The molecule has 2 aromatic carbocycles. The smallest absolute Gasteiger partial charge is 0.311 e. The van der Waals surface area contributed by atoms with Crippen LogP contribution in [0.1, 0.15) is 39.0 Å². The van der Waals surface area contributed by atoms with Gasteiger partial charge < -0.3 is 9.47 Å². The number of para-hydroxylation sites is 2. The lowest BCUT2D eigenvalue weighted by Crippen LogP contribution is -2.30. The first kappa shape index (κ1) is 27.9. The second-order valence-electron chi connectivity index (χ2n) is 7.87. The molecule has 198 valence electrons. The van der Waals surface area contributed by atoms with E-state index < -0.39 is 21.6 Å². The van der Waals surface area contributed by atoms with Gasteiger partial charge in [-0.2, -0.15) is 4.31 Å². The van der Waals surface area contributed by atoms with Gasteiger partial charge in [0.25, 0.3) is 5.56 Å². The Bertz CT molecular complexity index is 1400. The molecule has 11 heteroatoms. The van der Waals surface area contributed by atoms with Crippen LogP contribution in [0.2, 0.25) is 0 Å². The fraction of sp³-hybridized carbons (Fsp3) is 0.346. The van der Waals surface area contributed by atoms with Crippen molar-refractivity contribution in [2.45, 2.75) is 39.0 Å². The minimum Gasteiger partial charge on any atom is -0.492 e. The second kappa shape index (κ2) is 12.5. The van der Waals surface area contributed by atoms with Gasteiger partial charge in [-0.25, -0.2) is 13.1 Å². The van der Waals surface area contributed by atoms with Gasteiger partial charge in [0.15, 0.2) is 0 Å². The summed E-state index contributed by atoms with van der Waals surface area (Å²) in [5.74, 6) is 0.0648. The summed E-state index contributed by atoms with van der Waals surface area (Å²) in [4.78, 5) is 30.2. The molecule has 0 aliphatic carbocycles. The highest BCUT2D eigenvalue weighted by Crippen LogP contribution is 2.26. The van der Waals surface area contributed by atoms with E-state index in [-0.39, 0.29) is 23.5 Å². The number of aromatic nitrogens is 2. The first-order chi connectivity index (χ1) is 17.8. The minimum atomic E-state index is -3.64. The second-order valence-corrected chi connectivity index (χ2v) is 9.81. The highest BCUT2D eigenvalue weighted by molar-refractivity contribution is 7.89. The van der Waals surface area contributed by atoms with Crippen LogP contribution >= 0.6 is 0 Å². The van der Waals surface area contributed by atoms with E-state index in [1.54, 1.807) is 39.0 Å². The molecule has 0 bridgehead atoms. The maximum atomic E-state index is 13.4. The number of nitrogens with zero attached hydrogens (tertiary/aromatic N) is 3. The molecule has 10 nitrogen and oxygen atoms in total. The molecule has 0 unspecified atom stereocenters. The zero-order valence-corrected chi connectivity index (χ0v) is 22.2. The molecule has 3 aromatic rings. The first-order valence-corrected chi connectivity index (χ1v) is 13.6. The number of benzene rings is 2. The van der Waals surface area contributed by atoms with Crippen LogP contribution in [0.25, 0.3) is 5.69 Å². The van der Waals surface area contributed by atoms with E-state index in [2.05, 4.69) is 10.1 Å². The summed E-state index contributed by atoms with van der Waals surface area (Å²) >= 11 is 0. The Kier molecular flexibility index (Phi) is 9.42. The molecule has 0 amide bonds. The van der Waals surface area contributed by atoms with Crippen LogP contribution in [0, 0.1) is 0 Å². The number of ether oxygens (including phenoxy) is 2. The van der Waals surface area contributed by atoms with Crippen LogP contribution < -0.4 is 10.3 Å². The number of H-pyrrole nitrogens is 1. The van der Waals surface area contributed by atoms with E-state index in [0.717, 1.165) is 0 Å². The van der Waals surface area contributed by atoms with Gasteiger partial charge in [0.2, 0.25) is 10.0 Å². The standard InChI is InChI=1S/C26H32N4O6S/c1-5-29(6-2)37(33,34)20-15-13-19(14-16-20)30-26(32)21(23(28-30)17-25(31)36-8-4)18-27-22-11-9-10-12-24(22)35-7-3/h9-16,18,28H,5-8,17H2,1-4H3. The molecule has 37 heavy (non-hydrogen) atoms. The number of nitrogens with one attached hydrogen (secondary N) is 1. The van der Waals surface area contributed by atoms with Crippen molar-refractivity contribution in [2.24, 2.45) is 4.99 Å². The monoisotopic (exact) mass is 528 g/mol. The maximum Gasteiger partial charge on any atom is 0.311 e. The highest BCUT2D eigenvalue weighted by Gasteiger charge is 2.22. The minimum absolute atomic E-state index is 0.126. The van der Waals surface area contributed by atoms with Crippen LogP contribution in [0.15, 0.2) is 63.2 Å². The predicted octanol–water partition coefficient (Wildman–Crippen LogP) is 3.45. The number of sulfonamides is 1. The van der Waals surface area contributed by atoms with Gasteiger partial charge in [-0.15, -0.1) is 0 Å². The van der Waals surface area contributed by atoms with E-state index in [1.807, 2.05) is 13.0 Å². The average molecular weight is 529 g/mol. The third-order valence-corrected chi connectivity index (χ3v) is 7.63. The number of esters is 1. The molecule has 0 aliphatic rings. The van der Waals surface area contributed by atoms with Crippen molar-refractivity contribution < 1.29 is 22.7 Å². The van der Waals surface area contributed by atoms with Crippen molar-refractivity contribution in [1.82, 2.24) is 14.1 Å². The van der Waals surface area contributed by atoms with E-state index in [0.29, 0.717) is 42.5 Å². The molecule has 1 aromatic heterocycles. The Labute approximate surface area is 216 Å². The summed E-state index contributed by atoms with van der Waals surface area (Å²) in [6.45, 7) is 8.47. The number of carbonyl (C=O) groups excluding carboxylic acids is 1. The molecule has 0 radical (unpaired) electrons. The van der Waals surface area contributed by atoms with Crippen LogP contribution in [-0.2, 0) is 26.0 Å². The molecule has 0 saturated carbocycles. The summed E-state index contributed by atoms with van der Waals surface area (Å²) in [5.41, 5.74) is 0.990. The third-order valence-electron chi connectivity index (χ3n) is 5.57. The zero-order valence-electron chi connectivity index (χ0n) is 21.4. The molecular weight excluding hydrogens is 496 g/mol. The largest absolute Gasteiger partial charge is 0.492 e. The highest BCUT2D eigenvalue weighted by atomic mass is 32.2. The van der Waals surface area contributed by atoms with Gasteiger partial charge >= 0.3 is 5.97 Å². The lowest BCUT2D eigenvalue weighted by molar-refractivity contribution is -0.142. The third kappa shape index (κ3) is 6.36. The average Bonchev–Trinajstić information content (AvgIpc) is 3.19. The van der Waals surface area contributed by atoms with Crippen molar-refractivity contribution >= 4 is 27.9 Å². The van der Waals surface area contributed by atoms with Crippen LogP contribution in [-0.4, -0.2) is 61.0 Å². The zero-order chi connectivity index (χ0) is 27.0. The van der Waals surface area contributed by atoms with Gasteiger partial charge in [0, 0.05) is 19.3 Å². The van der Waals surface area contributed by atoms with Crippen LogP contribution in [0.4, 0.5) is 5.69 Å². The predicted molar refractivity (Wildman–Crippen MR) is 142 cm³/mol. The van der Waals surface area contributed by atoms with Crippen LogP contribution in [0.3, 0.4) is 0 Å². The summed E-state index contributed by atoms with van der Waals surface area (Å²) in [7, 11) is -3.64.